The van der Waals surface area contributed by atoms with Gasteiger partial charge in [0.2, 0.25) is 6.17 Å². The Hall–Kier alpha value is -1.36. The van der Waals surface area contributed by atoms with Crippen molar-refractivity contribution in [2.45, 2.75) is 13.1 Å². The normalized spacial score (nSPS) is 12.1. The number of nitriles is 1. The molecule has 0 aliphatic rings. The summed E-state index contributed by atoms with van der Waals surface area (Å²) in [6.45, 7) is 1.92. The highest BCUT2D eigenvalue weighted by molar-refractivity contribution is 5.25. The van der Waals surface area contributed by atoms with E-state index in [1.807, 2.05) is 6.92 Å². The second-order valence-corrected chi connectivity index (χ2v) is 2.40. The maximum Gasteiger partial charge on any atom is 0.211 e. The van der Waals surface area contributed by atoms with Crippen molar-refractivity contribution in [1.29, 1.82) is 5.26 Å². The third-order valence-corrected chi connectivity index (χ3v) is 1.48. The second-order valence-electron chi connectivity index (χ2n) is 2.40. The number of rotatable bonds is 1. The number of nitrogens with zero attached hydrogens (tertiary/aromatic N) is 1. The number of alkyl halides is 1. The highest BCUT2D eigenvalue weighted by Gasteiger charge is 2.05. The predicted octanol–water partition coefficient (Wildman–Crippen LogP) is 2.53. The maximum absolute atomic E-state index is 12.6. The van der Waals surface area contributed by atoms with E-state index >= 15 is 0 Å². The van der Waals surface area contributed by atoms with Gasteiger partial charge in [-0.2, -0.15) is 5.26 Å². The van der Waals surface area contributed by atoms with Crippen molar-refractivity contribution in [2.24, 2.45) is 0 Å². The van der Waals surface area contributed by atoms with Gasteiger partial charge >= 0.3 is 0 Å². The molecule has 2 heteroatoms. The molecule has 56 valence electrons. The fourth-order valence-corrected chi connectivity index (χ4v) is 0.810. The summed E-state index contributed by atoms with van der Waals surface area (Å²) in [6, 6.07) is 8.37. The van der Waals surface area contributed by atoms with Crippen LogP contribution in [0.4, 0.5) is 4.39 Å². The van der Waals surface area contributed by atoms with Crippen molar-refractivity contribution < 1.29 is 4.39 Å². The Kier molecular flexibility index (Phi) is 2.22. The number of halogens is 1. The molecule has 0 aliphatic heterocycles. The van der Waals surface area contributed by atoms with Gasteiger partial charge in [-0.1, -0.05) is 29.8 Å². The molecule has 0 aliphatic carbocycles. The van der Waals surface area contributed by atoms with Crippen LogP contribution in [0.2, 0.25) is 0 Å². The monoisotopic (exact) mass is 149 g/mol. The lowest BCUT2D eigenvalue weighted by molar-refractivity contribution is 0.424. The summed E-state index contributed by atoms with van der Waals surface area (Å²) in [5.74, 6) is 0. The molecule has 0 spiro atoms. The van der Waals surface area contributed by atoms with E-state index in [1.54, 1.807) is 24.3 Å². The van der Waals surface area contributed by atoms with Crippen molar-refractivity contribution in [2.75, 3.05) is 0 Å². The molecule has 1 rings (SSSR count). The zero-order chi connectivity index (χ0) is 8.27. The Morgan fingerprint density at radius 3 is 2.36 bits per heavy atom. The topological polar surface area (TPSA) is 23.8 Å². The molecule has 1 aromatic rings. The minimum Gasteiger partial charge on any atom is -0.226 e. The van der Waals surface area contributed by atoms with Crippen molar-refractivity contribution in [3.8, 4) is 6.07 Å². The molecule has 1 aromatic carbocycles. The number of aryl methyl sites for hydroxylation is 1. The van der Waals surface area contributed by atoms with Gasteiger partial charge < -0.3 is 0 Å². The predicted molar refractivity (Wildman–Crippen MR) is 40.6 cm³/mol. The molecule has 0 N–H and O–H groups in total. The zero-order valence-electron chi connectivity index (χ0n) is 6.21. The molecule has 0 aromatic heterocycles. The third-order valence-electron chi connectivity index (χ3n) is 1.48. The van der Waals surface area contributed by atoms with Crippen molar-refractivity contribution >= 4 is 0 Å². The number of benzene rings is 1. The fourth-order valence-electron chi connectivity index (χ4n) is 0.810. The van der Waals surface area contributed by atoms with E-state index in [2.05, 4.69) is 0 Å². The van der Waals surface area contributed by atoms with Crippen LogP contribution < -0.4 is 0 Å². The Morgan fingerprint density at radius 2 is 1.91 bits per heavy atom. The van der Waals surface area contributed by atoms with Crippen molar-refractivity contribution in [3.63, 3.8) is 0 Å². The quantitative estimate of drug-likeness (QED) is 0.601. The SMILES string of the molecule is Cc1ccc(C(F)C#N)cc1. The van der Waals surface area contributed by atoms with E-state index in [9.17, 15) is 4.39 Å². The lowest BCUT2D eigenvalue weighted by Crippen LogP contribution is -1.86. The summed E-state index contributed by atoms with van der Waals surface area (Å²) in [5.41, 5.74) is 1.50. The summed E-state index contributed by atoms with van der Waals surface area (Å²) >= 11 is 0. The van der Waals surface area contributed by atoms with Gasteiger partial charge in [0.05, 0.1) is 0 Å². The first-order chi connectivity index (χ1) is 5.24. The van der Waals surface area contributed by atoms with Crippen LogP contribution in [0.5, 0.6) is 0 Å². The Balaban J connectivity index is 2.92. The summed E-state index contributed by atoms with van der Waals surface area (Å²) in [4.78, 5) is 0. The molecule has 0 amide bonds. The van der Waals surface area contributed by atoms with Gasteiger partial charge in [-0.3, -0.25) is 0 Å². The average Bonchev–Trinajstić information content (AvgIpc) is 2.05. The third kappa shape index (κ3) is 1.78. The molecule has 1 atom stereocenters. The largest absolute Gasteiger partial charge is 0.226 e. The lowest BCUT2D eigenvalue weighted by atomic mass is 10.1. The molecule has 0 saturated carbocycles. The summed E-state index contributed by atoms with van der Waals surface area (Å²) in [6.07, 6.45) is -1.49. The van der Waals surface area contributed by atoms with Crippen molar-refractivity contribution in [1.82, 2.24) is 0 Å². The van der Waals surface area contributed by atoms with Gasteiger partial charge in [0.25, 0.3) is 0 Å². The smallest absolute Gasteiger partial charge is 0.211 e. The van der Waals surface area contributed by atoms with Crippen LogP contribution in [0.3, 0.4) is 0 Å². The Morgan fingerprint density at radius 1 is 1.36 bits per heavy atom. The number of hydrogen-bond acceptors (Lipinski definition) is 1. The highest BCUT2D eigenvalue weighted by Crippen LogP contribution is 2.15. The fraction of sp³-hybridized carbons (Fsp3) is 0.222. The van der Waals surface area contributed by atoms with Crippen LogP contribution in [-0.2, 0) is 0 Å². The Bertz CT molecular complexity index is 271. The molecule has 0 radical (unpaired) electrons. The lowest BCUT2D eigenvalue weighted by Gasteiger charge is -1.98. The summed E-state index contributed by atoms with van der Waals surface area (Å²) in [7, 11) is 0. The summed E-state index contributed by atoms with van der Waals surface area (Å²) < 4.78 is 12.6. The molecule has 0 bridgehead atoms. The maximum atomic E-state index is 12.6. The first kappa shape index (κ1) is 7.74. The van der Waals surface area contributed by atoms with Crippen LogP contribution in [0.15, 0.2) is 24.3 Å². The van der Waals surface area contributed by atoms with Crippen LogP contribution >= 0.6 is 0 Å². The second kappa shape index (κ2) is 3.16. The van der Waals surface area contributed by atoms with Gasteiger partial charge in [0, 0.05) is 5.56 Å². The molecule has 0 heterocycles. The first-order valence-corrected chi connectivity index (χ1v) is 3.34. The Labute approximate surface area is 65.1 Å². The standard InChI is InChI=1S/C9H8FN/c1-7-2-4-8(5-3-7)9(10)6-11/h2-5,9H,1H3. The molecule has 11 heavy (non-hydrogen) atoms. The molecule has 0 fully saturated rings. The van der Waals surface area contributed by atoms with Crippen LogP contribution in [-0.4, -0.2) is 0 Å². The van der Waals surface area contributed by atoms with Gasteiger partial charge in [0.15, 0.2) is 0 Å². The molecule has 1 unspecified atom stereocenters. The average molecular weight is 149 g/mol. The molecule has 0 saturated heterocycles. The van der Waals surface area contributed by atoms with E-state index in [4.69, 9.17) is 5.26 Å². The van der Waals surface area contributed by atoms with Gasteiger partial charge in [-0.15, -0.1) is 0 Å². The van der Waals surface area contributed by atoms with Gasteiger partial charge in [0.1, 0.15) is 6.07 Å². The molecular formula is C9H8FN. The zero-order valence-corrected chi connectivity index (χ0v) is 6.21. The van der Waals surface area contributed by atoms with Gasteiger partial charge in [-0.05, 0) is 6.92 Å². The van der Waals surface area contributed by atoms with Gasteiger partial charge in [-0.25, -0.2) is 4.39 Å². The summed E-state index contributed by atoms with van der Waals surface area (Å²) in [5, 5.41) is 8.23. The van der Waals surface area contributed by atoms with Crippen LogP contribution in [0.25, 0.3) is 0 Å². The van der Waals surface area contributed by atoms with Crippen LogP contribution in [0, 0.1) is 18.3 Å². The minimum atomic E-state index is -1.49. The van der Waals surface area contributed by atoms with Crippen LogP contribution in [0.1, 0.15) is 17.3 Å². The van der Waals surface area contributed by atoms with E-state index in [1.165, 1.54) is 6.07 Å². The highest BCUT2D eigenvalue weighted by atomic mass is 19.1. The van der Waals surface area contributed by atoms with E-state index in [0.29, 0.717) is 5.56 Å². The first-order valence-electron chi connectivity index (χ1n) is 3.34. The van der Waals surface area contributed by atoms with E-state index in [0.717, 1.165) is 5.56 Å². The minimum absolute atomic E-state index is 0.429. The van der Waals surface area contributed by atoms with Crippen molar-refractivity contribution in [3.05, 3.63) is 35.4 Å². The van der Waals surface area contributed by atoms with E-state index in [-0.39, 0.29) is 0 Å². The number of hydrogen-bond donors (Lipinski definition) is 0. The molecular weight excluding hydrogens is 141 g/mol. The molecule has 1 nitrogen and oxygen atoms in total. The van der Waals surface area contributed by atoms with E-state index < -0.39 is 6.17 Å².